The van der Waals surface area contributed by atoms with Gasteiger partial charge in [0.2, 0.25) is 0 Å². The highest BCUT2D eigenvalue weighted by molar-refractivity contribution is 5.25. The molecule has 0 fully saturated rings. The number of hydrogen-bond acceptors (Lipinski definition) is 2. The van der Waals surface area contributed by atoms with Crippen LogP contribution in [0.2, 0.25) is 0 Å². The van der Waals surface area contributed by atoms with Gasteiger partial charge in [-0.25, -0.2) is 12.1 Å². The molecule has 64 valence electrons. The minimum atomic E-state index is -0.821. The molecule has 1 aromatic carbocycles. The monoisotopic (exact) mass is 164 g/mol. The Balaban J connectivity index is 3.03. The molecular weight excluding hydrogens is 154 g/mol. The third kappa shape index (κ3) is 1.44. The van der Waals surface area contributed by atoms with Gasteiger partial charge in [-0.05, 0) is 12.5 Å². The smallest absolute Gasteiger partial charge is 0.0711 e. The van der Waals surface area contributed by atoms with Gasteiger partial charge in [-0.15, -0.1) is 0 Å². The second-order valence-corrected chi connectivity index (χ2v) is 2.79. The van der Waals surface area contributed by atoms with Gasteiger partial charge in [0, 0.05) is 4.91 Å². The molecule has 1 rings (SSSR count). The fraction of sp³-hybridized carbons (Fsp3) is 0.375. The van der Waals surface area contributed by atoms with Gasteiger partial charge in [0.1, 0.15) is 0 Å². The minimum Gasteiger partial charge on any atom is -0.395 e. The average Bonchev–Trinajstić information content (AvgIpc) is 2.57. The van der Waals surface area contributed by atoms with Crippen LogP contribution in [0.3, 0.4) is 0 Å². The summed E-state index contributed by atoms with van der Waals surface area (Å²) in [6, 6.07) is 7.34. The Kier molecular flexibility index (Phi) is 2.43. The fourth-order valence-electron chi connectivity index (χ4n) is 1.01. The second kappa shape index (κ2) is 3.34. The topological polar surface area (TPSA) is 69.0 Å². The molecular formula is C8H10N3O-. The van der Waals surface area contributed by atoms with Crippen LogP contribution in [0.1, 0.15) is 12.5 Å². The first-order valence-corrected chi connectivity index (χ1v) is 3.62. The lowest BCUT2D eigenvalue weighted by molar-refractivity contribution is 0.210. The van der Waals surface area contributed by atoms with E-state index in [9.17, 15) is 0 Å². The summed E-state index contributed by atoms with van der Waals surface area (Å²) in [5, 5.41) is 12.6. The molecule has 0 heterocycles. The Morgan fingerprint density at radius 2 is 2.58 bits per heavy atom. The maximum atomic E-state index is 9.02. The first-order chi connectivity index (χ1) is 5.73. The van der Waals surface area contributed by atoms with Gasteiger partial charge in [0.25, 0.3) is 0 Å². The van der Waals surface area contributed by atoms with Gasteiger partial charge in [0.05, 0.1) is 12.1 Å². The van der Waals surface area contributed by atoms with E-state index in [1.165, 1.54) is 0 Å². The lowest BCUT2D eigenvalue weighted by atomic mass is 9.97. The Morgan fingerprint density at radius 1 is 1.83 bits per heavy atom. The second-order valence-electron chi connectivity index (χ2n) is 2.79. The quantitative estimate of drug-likeness (QED) is 0.315. The van der Waals surface area contributed by atoms with E-state index in [1.54, 1.807) is 6.92 Å². The summed E-state index contributed by atoms with van der Waals surface area (Å²) in [5.41, 5.74) is 8.29. The standard InChI is InChI=1S/C8H10N3O/c1-8(6-12,10-11-9)7-4-2-3-5-7/h2-5,12H,6H2,1H3/q-1/t8-/m0/s1. The lowest BCUT2D eigenvalue weighted by Crippen LogP contribution is -2.22. The van der Waals surface area contributed by atoms with Crippen molar-refractivity contribution >= 4 is 0 Å². The number of rotatable bonds is 3. The van der Waals surface area contributed by atoms with Gasteiger partial charge in [-0.2, -0.15) is 17.7 Å². The van der Waals surface area contributed by atoms with E-state index in [0.29, 0.717) is 0 Å². The molecule has 0 saturated heterocycles. The summed E-state index contributed by atoms with van der Waals surface area (Å²) >= 11 is 0. The highest BCUT2D eigenvalue weighted by Gasteiger charge is 2.19. The highest BCUT2D eigenvalue weighted by atomic mass is 16.3. The Morgan fingerprint density at radius 3 is 3.00 bits per heavy atom. The summed E-state index contributed by atoms with van der Waals surface area (Å²) in [4.78, 5) is 2.70. The van der Waals surface area contributed by atoms with Crippen molar-refractivity contribution in [2.75, 3.05) is 6.61 Å². The maximum Gasteiger partial charge on any atom is 0.0711 e. The Labute approximate surface area is 70.4 Å². The SMILES string of the molecule is C[C@@](CO)(N=[N+]=[N-])c1ccc[cH-]1. The van der Waals surface area contributed by atoms with E-state index in [4.69, 9.17) is 10.6 Å². The molecule has 1 aromatic rings. The first kappa shape index (κ1) is 8.71. The summed E-state index contributed by atoms with van der Waals surface area (Å²) in [5.74, 6) is 0. The zero-order valence-electron chi connectivity index (χ0n) is 6.81. The van der Waals surface area contributed by atoms with Crippen LogP contribution >= 0.6 is 0 Å². The average molecular weight is 164 g/mol. The van der Waals surface area contributed by atoms with Gasteiger partial charge in [0.15, 0.2) is 0 Å². The molecule has 4 heteroatoms. The van der Waals surface area contributed by atoms with Crippen LogP contribution in [0.5, 0.6) is 0 Å². The maximum absolute atomic E-state index is 9.02. The van der Waals surface area contributed by atoms with Crippen molar-refractivity contribution < 1.29 is 5.11 Å². The van der Waals surface area contributed by atoms with Crippen molar-refractivity contribution in [3.63, 3.8) is 0 Å². The number of aliphatic hydroxyl groups excluding tert-OH is 1. The van der Waals surface area contributed by atoms with Crippen molar-refractivity contribution in [2.45, 2.75) is 12.5 Å². The Bertz CT molecular complexity index is 287. The minimum absolute atomic E-state index is 0.179. The summed E-state index contributed by atoms with van der Waals surface area (Å²) in [7, 11) is 0. The van der Waals surface area contributed by atoms with Crippen LogP contribution < -0.4 is 0 Å². The van der Waals surface area contributed by atoms with Crippen molar-refractivity contribution in [3.8, 4) is 0 Å². The van der Waals surface area contributed by atoms with Gasteiger partial charge >= 0.3 is 0 Å². The molecule has 0 aromatic heterocycles. The summed E-state index contributed by atoms with van der Waals surface area (Å²) < 4.78 is 0. The molecule has 4 nitrogen and oxygen atoms in total. The molecule has 1 atom stereocenters. The molecule has 1 N–H and O–H groups in total. The molecule has 0 unspecified atom stereocenters. The first-order valence-electron chi connectivity index (χ1n) is 3.62. The van der Waals surface area contributed by atoms with Crippen molar-refractivity contribution in [2.24, 2.45) is 5.11 Å². The van der Waals surface area contributed by atoms with Crippen LogP contribution in [0.15, 0.2) is 29.4 Å². The molecule has 0 spiro atoms. The summed E-state index contributed by atoms with van der Waals surface area (Å²) in [6.45, 7) is 1.52. The van der Waals surface area contributed by atoms with Gasteiger partial charge in [-0.3, -0.25) is 0 Å². The van der Waals surface area contributed by atoms with Crippen molar-refractivity contribution in [3.05, 3.63) is 40.3 Å². The molecule has 12 heavy (non-hydrogen) atoms. The van der Waals surface area contributed by atoms with Crippen LogP contribution in [-0.4, -0.2) is 11.7 Å². The number of nitrogens with zero attached hydrogens (tertiary/aromatic N) is 3. The molecule has 0 aliphatic heterocycles. The van der Waals surface area contributed by atoms with Crippen molar-refractivity contribution in [1.82, 2.24) is 0 Å². The normalized spacial score (nSPS) is 14.8. The van der Waals surface area contributed by atoms with E-state index in [-0.39, 0.29) is 6.61 Å². The van der Waals surface area contributed by atoms with Crippen LogP contribution in [0.4, 0.5) is 0 Å². The molecule has 0 bridgehead atoms. The zero-order valence-corrected chi connectivity index (χ0v) is 6.81. The molecule has 0 radical (unpaired) electrons. The van der Waals surface area contributed by atoms with Crippen LogP contribution in [0, 0.1) is 0 Å². The van der Waals surface area contributed by atoms with Gasteiger partial charge in [-0.1, -0.05) is 5.11 Å². The fourth-order valence-corrected chi connectivity index (χ4v) is 1.01. The highest BCUT2D eigenvalue weighted by Crippen LogP contribution is 2.25. The summed E-state index contributed by atoms with van der Waals surface area (Å²) in [6.07, 6.45) is 0. The van der Waals surface area contributed by atoms with E-state index in [2.05, 4.69) is 10.0 Å². The van der Waals surface area contributed by atoms with E-state index in [1.807, 2.05) is 24.3 Å². The predicted octanol–water partition coefficient (Wildman–Crippen LogP) is 1.92. The zero-order chi connectivity index (χ0) is 9.03. The largest absolute Gasteiger partial charge is 0.395 e. The van der Waals surface area contributed by atoms with E-state index in [0.717, 1.165) is 5.56 Å². The Hall–Kier alpha value is -1.38. The predicted molar refractivity (Wildman–Crippen MR) is 45.6 cm³/mol. The molecule has 0 amide bonds. The third-order valence-electron chi connectivity index (χ3n) is 1.86. The molecule has 0 saturated carbocycles. The molecule has 0 aliphatic rings. The van der Waals surface area contributed by atoms with Crippen LogP contribution in [-0.2, 0) is 5.54 Å². The number of aliphatic hydroxyl groups is 1. The number of azide groups is 1. The third-order valence-corrected chi connectivity index (χ3v) is 1.86. The van der Waals surface area contributed by atoms with Gasteiger partial charge < -0.3 is 5.11 Å². The van der Waals surface area contributed by atoms with Crippen LogP contribution in [0.25, 0.3) is 10.4 Å². The van der Waals surface area contributed by atoms with E-state index >= 15 is 0 Å². The molecule has 0 aliphatic carbocycles. The lowest BCUT2D eigenvalue weighted by Gasteiger charge is -2.23. The van der Waals surface area contributed by atoms with E-state index < -0.39 is 5.54 Å². The number of hydrogen-bond donors (Lipinski definition) is 1. The van der Waals surface area contributed by atoms with Crippen molar-refractivity contribution in [1.29, 1.82) is 0 Å².